The molecule has 0 aliphatic heterocycles. The summed E-state index contributed by atoms with van der Waals surface area (Å²) in [6, 6.07) is 4.56. The second-order valence-electron chi connectivity index (χ2n) is 4.67. The summed E-state index contributed by atoms with van der Waals surface area (Å²) in [4.78, 5) is 34.5. The Hall–Kier alpha value is -2.97. The summed E-state index contributed by atoms with van der Waals surface area (Å²) in [7, 11) is 1.40. The summed E-state index contributed by atoms with van der Waals surface area (Å²) in [5.41, 5.74) is 0.467. The Morgan fingerprint density at radius 1 is 1.00 bits per heavy atom. The summed E-state index contributed by atoms with van der Waals surface area (Å²) < 4.78 is 19.9. The minimum Gasteiger partial charge on any atom is -0.493 e. The van der Waals surface area contributed by atoms with E-state index < -0.39 is 24.3 Å². The van der Waals surface area contributed by atoms with Crippen molar-refractivity contribution in [1.82, 2.24) is 10.6 Å². The van der Waals surface area contributed by atoms with Crippen LogP contribution in [-0.4, -0.2) is 38.5 Å². The smallest absolute Gasteiger partial charge is 0.409 e. The Balaban J connectivity index is 3.08. The molecule has 0 bridgehead atoms. The Kier molecular flexibility index (Phi) is 8.04. The number of carbonyl (C=O) groups excluding carboxylic acids is 3. The highest BCUT2D eigenvalue weighted by molar-refractivity contribution is 5.72. The Morgan fingerprint density at radius 2 is 1.56 bits per heavy atom. The fraction of sp³-hybridized carbons (Fsp3) is 0.438. The SMILES string of the molecule is CCOC(=O)NC(NC(=O)OCC)c1ccc(OC(C)=O)c(OC)c1. The molecule has 0 aliphatic carbocycles. The quantitative estimate of drug-likeness (QED) is 0.438. The van der Waals surface area contributed by atoms with Crippen molar-refractivity contribution in [3.8, 4) is 11.5 Å². The number of methoxy groups -OCH3 is 1. The van der Waals surface area contributed by atoms with Crippen LogP contribution < -0.4 is 20.1 Å². The second kappa shape index (κ2) is 10.0. The minimum atomic E-state index is -0.932. The molecule has 2 amide bonds. The number of nitrogens with one attached hydrogen (secondary N) is 2. The maximum atomic E-state index is 11.7. The van der Waals surface area contributed by atoms with Gasteiger partial charge >= 0.3 is 18.2 Å². The van der Waals surface area contributed by atoms with E-state index in [1.165, 1.54) is 26.2 Å². The number of hydrogen-bond donors (Lipinski definition) is 2. The van der Waals surface area contributed by atoms with Crippen LogP contribution in [0.15, 0.2) is 18.2 Å². The highest BCUT2D eigenvalue weighted by Gasteiger charge is 2.20. The highest BCUT2D eigenvalue weighted by atomic mass is 16.6. The van der Waals surface area contributed by atoms with Crippen LogP contribution in [0.1, 0.15) is 32.5 Å². The standard InChI is InChI=1S/C16H22N2O7/c1-5-23-15(20)17-14(18-16(21)24-6-2)11-7-8-12(25-10(3)19)13(9-11)22-4/h7-9,14H,5-6H2,1-4H3,(H,17,20)(H,18,21). The minimum absolute atomic E-state index is 0.173. The summed E-state index contributed by atoms with van der Waals surface area (Å²) >= 11 is 0. The number of amides is 2. The zero-order valence-corrected chi connectivity index (χ0v) is 14.6. The van der Waals surface area contributed by atoms with E-state index in [-0.39, 0.29) is 24.7 Å². The maximum absolute atomic E-state index is 11.7. The highest BCUT2D eigenvalue weighted by Crippen LogP contribution is 2.30. The number of benzene rings is 1. The van der Waals surface area contributed by atoms with Crippen molar-refractivity contribution in [2.24, 2.45) is 0 Å². The molecule has 138 valence electrons. The lowest BCUT2D eigenvalue weighted by Gasteiger charge is -2.21. The number of rotatable bonds is 7. The van der Waals surface area contributed by atoms with E-state index in [1.54, 1.807) is 19.9 Å². The third-order valence-electron chi connectivity index (χ3n) is 2.85. The van der Waals surface area contributed by atoms with Crippen LogP contribution in [0.4, 0.5) is 9.59 Å². The molecule has 1 rings (SSSR count). The fourth-order valence-corrected chi connectivity index (χ4v) is 1.89. The van der Waals surface area contributed by atoms with Crippen molar-refractivity contribution in [2.75, 3.05) is 20.3 Å². The van der Waals surface area contributed by atoms with Crippen LogP contribution in [0.25, 0.3) is 0 Å². The number of esters is 1. The van der Waals surface area contributed by atoms with E-state index in [2.05, 4.69) is 10.6 Å². The molecule has 25 heavy (non-hydrogen) atoms. The zero-order chi connectivity index (χ0) is 18.8. The summed E-state index contributed by atoms with van der Waals surface area (Å²) in [5, 5.41) is 5.00. The zero-order valence-electron chi connectivity index (χ0n) is 14.6. The lowest BCUT2D eigenvalue weighted by Crippen LogP contribution is -2.41. The molecule has 0 unspecified atom stereocenters. The van der Waals surface area contributed by atoms with Crippen molar-refractivity contribution in [2.45, 2.75) is 26.9 Å². The van der Waals surface area contributed by atoms with E-state index in [9.17, 15) is 14.4 Å². The van der Waals surface area contributed by atoms with Gasteiger partial charge in [-0.1, -0.05) is 6.07 Å². The number of alkyl carbamates (subject to hydrolysis) is 2. The molecule has 0 heterocycles. The van der Waals surface area contributed by atoms with Gasteiger partial charge in [-0.3, -0.25) is 15.4 Å². The van der Waals surface area contributed by atoms with Crippen LogP contribution in [0.3, 0.4) is 0 Å². The van der Waals surface area contributed by atoms with Crippen LogP contribution in [-0.2, 0) is 14.3 Å². The first-order valence-electron chi connectivity index (χ1n) is 7.64. The van der Waals surface area contributed by atoms with Gasteiger partial charge in [-0.25, -0.2) is 9.59 Å². The van der Waals surface area contributed by atoms with Crippen molar-refractivity contribution in [3.63, 3.8) is 0 Å². The average molecular weight is 354 g/mol. The van der Waals surface area contributed by atoms with Crippen LogP contribution >= 0.6 is 0 Å². The van der Waals surface area contributed by atoms with Gasteiger partial charge in [-0.15, -0.1) is 0 Å². The molecule has 0 saturated heterocycles. The topological polar surface area (TPSA) is 112 Å². The third-order valence-corrected chi connectivity index (χ3v) is 2.85. The molecule has 1 aromatic carbocycles. The molecule has 0 spiro atoms. The van der Waals surface area contributed by atoms with E-state index in [1.807, 2.05) is 0 Å². The average Bonchev–Trinajstić information content (AvgIpc) is 2.54. The molecular formula is C16H22N2O7. The van der Waals surface area contributed by atoms with Crippen molar-refractivity contribution in [1.29, 1.82) is 0 Å². The van der Waals surface area contributed by atoms with Crippen molar-refractivity contribution >= 4 is 18.2 Å². The maximum Gasteiger partial charge on any atom is 0.409 e. The Bertz CT molecular complexity index is 599. The van der Waals surface area contributed by atoms with Crippen LogP contribution in [0.5, 0.6) is 11.5 Å². The van der Waals surface area contributed by atoms with Gasteiger partial charge in [-0.05, 0) is 31.5 Å². The molecular weight excluding hydrogens is 332 g/mol. The van der Waals surface area contributed by atoms with Gasteiger partial charge in [0.25, 0.3) is 0 Å². The van der Waals surface area contributed by atoms with Gasteiger partial charge in [-0.2, -0.15) is 0 Å². The van der Waals surface area contributed by atoms with E-state index in [4.69, 9.17) is 18.9 Å². The van der Waals surface area contributed by atoms with Gasteiger partial charge in [0.15, 0.2) is 11.5 Å². The molecule has 0 saturated carbocycles. The molecule has 0 radical (unpaired) electrons. The molecule has 0 aliphatic rings. The third kappa shape index (κ3) is 6.58. The first-order chi connectivity index (χ1) is 11.9. The lowest BCUT2D eigenvalue weighted by molar-refractivity contribution is -0.132. The first kappa shape index (κ1) is 20.1. The predicted octanol–water partition coefficient (Wildman–Crippen LogP) is 2.11. The van der Waals surface area contributed by atoms with Crippen LogP contribution in [0, 0.1) is 0 Å². The van der Waals surface area contributed by atoms with Crippen molar-refractivity contribution < 1.29 is 33.3 Å². The van der Waals surface area contributed by atoms with E-state index >= 15 is 0 Å². The van der Waals surface area contributed by atoms with Gasteiger partial charge in [0.2, 0.25) is 0 Å². The molecule has 2 N–H and O–H groups in total. The lowest BCUT2D eigenvalue weighted by atomic mass is 10.1. The summed E-state index contributed by atoms with van der Waals surface area (Å²) in [6.07, 6.45) is -2.36. The number of carbonyl (C=O) groups is 3. The van der Waals surface area contributed by atoms with Gasteiger partial charge < -0.3 is 18.9 Å². The normalized spacial score (nSPS) is 9.96. The van der Waals surface area contributed by atoms with Gasteiger partial charge in [0, 0.05) is 6.92 Å². The molecule has 1 aromatic rings. The summed E-state index contributed by atoms with van der Waals surface area (Å²) in [6.45, 7) is 4.93. The van der Waals surface area contributed by atoms with Gasteiger partial charge in [0.1, 0.15) is 6.17 Å². The molecule has 0 atom stereocenters. The summed E-state index contributed by atoms with van der Waals surface area (Å²) in [5.74, 6) is -0.0318. The monoisotopic (exact) mass is 354 g/mol. The Labute approximate surface area is 145 Å². The number of hydrogen-bond acceptors (Lipinski definition) is 7. The first-order valence-corrected chi connectivity index (χ1v) is 7.64. The predicted molar refractivity (Wildman–Crippen MR) is 87.4 cm³/mol. The Morgan fingerprint density at radius 3 is 2.00 bits per heavy atom. The van der Waals surface area contributed by atoms with Crippen LogP contribution in [0.2, 0.25) is 0 Å². The second-order valence-corrected chi connectivity index (χ2v) is 4.67. The molecule has 0 aromatic heterocycles. The van der Waals surface area contributed by atoms with Crippen molar-refractivity contribution in [3.05, 3.63) is 23.8 Å². The van der Waals surface area contributed by atoms with E-state index in [0.29, 0.717) is 5.56 Å². The van der Waals surface area contributed by atoms with Gasteiger partial charge in [0.05, 0.1) is 20.3 Å². The molecule has 9 nitrogen and oxygen atoms in total. The number of ether oxygens (including phenoxy) is 4. The fourth-order valence-electron chi connectivity index (χ4n) is 1.89. The largest absolute Gasteiger partial charge is 0.493 e. The molecule has 9 heteroatoms. The van der Waals surface area contributed by atoms with E-state index in [0.717, 1.165) is 0 Å². The molecule has 0 fully saturated rings.